The minimum Gasteiger partial charge on any atom is -0.489 e. The van der Waals surface area contributed by atoms with Crippen molar-refractivity contribution in [2.24, 2.45) is 0 Å². The van der Waals surface area contributed by atoms with Gasteiger partial charge >= 0.3 is 5.97 Å². The second kappa shape index (κ2) is 7.68. The zero-order valence-corrected chi connectivity index (χ0v) is 13.7. The Morgan fingerprint density at radius 3 is 2.00 bits per heavy atom. The van der Waals surface area contributed by atoms with Gasteiger partial charge in [0.1, 0.15) is 23.7 Å². The maximum atomic E-state index is 11.6. The minimum absolute atomic E-state index is 0.110. The molecule has 2 aromatic rings. The molecular weight excluding hydrogens is 292 g/mol. The van der Waals surface area contributed by atoms with Gasteiger partial charge in [0.25, 0.3) is 0 Å². The van der Waals surface area contributed by atoms with Crippen molar-refractivity contribution in [1.29, 1.82) is 0 Å². The van der Waals surface area contributed by atoms with Gasteiger partial charge in [-0.05, 0) is 50.6 Å². The van der Waals surface area contributed by atoms with E-state index in [0.29, 0.717) is 12.4 Å². The second-order valence-electron chi connectivity index (χ2n) is 6.12. The second-order valence-corrected chi connectivity index (χ2v) is 6.12. The van der Waals surface area contributed by atoms with Gasteiger partial charge in [-0.2, -0.15) is 0 Å². The van der Waals surface area contributed by atoms with E-state index in [0.717, 1.165) is 11.3 Å². The summed E-state index contributed by atoms with van der Waals surface area (Å²) in [7, 11) is 0. The average Bonchev–Trinajstić information content (AvgIpc) is 2.51. The highest BCUT2D eigenvalue weighted by atomic mass is 16.6. The molecule has 0 fully saturated rings. The Morgan fingerprint density at radius 2 is 1.43 bits per heavy atom. The summed E-state index contributed by atoms with van der Waals surface area (Å²) in [6.45, 7) is 5.87. The molecule has 0 N–H and O–H groups in total. The largest absolute Gasteiger partial charge is 0.489 e. The molecule has 0 spiro atoms. The first-order chi connectivity index (χ1) is 10.9. The number of esters is 1. The molecule has 0 aromatic heterocycles. The Morgan fingerprint density at radius 1 is 0.870 bits per heavy atom. The van der Waals surface area contributed by atoms with Crippen LogP contribution in [0.1, 0.15) is 26.3 Å². The van der Waals surface area contributed by atoms with E-state index >= 15 is 0 Å². The van der Waals surface area contributed by atoms with Crippen LogP contribution >= 0.6 is 0 Å². The van der Waals surface area contributed by atoms with E-state index in [1.807, 2.05) is 63.2 Å². The van der Waals surface area contributed by atoms with Gasteiger partial charge in [-0.3, -0.25) is 0 Å². The lowest BCUT2D eigenvalue weighted by Gasteiger charge is -2.19. The minimum atomic E-state index is -0.504. The molecular formula is C19H22O4. The lowest BCUT2D eigenvalue weighted by Crippen LogP contribution is -2.27. The number of rotatable bonds is 6. The number of ether oxygens (including phenoxy) is 3. The summed E-state index contributed by atoms with van der Waals surface area (Å²) in [5, 5.41) is 0. The van der Waals surface area contributed by atoms with Gasteiger partial charge in [-0.1, -0.05) is 30.3 Å². The van der Waals surface area contributed by atoms with Crippen LogP contribution < -0.4 is 9.47 Å². The van der Waals surface area contributed by atoms with Crippen LogP contribution in [0.4, 0.5) is 0 Å². The Labute approximate surface area is 137 Å². The van der Waals surface area contributed by atoms with Crippen LogP contribution in [0.2, 0.25) is 0 Å². The molecule has 4 heteroatoms. The summed E-state index contributed by atoms with van der Waals surface area (Å²) < 4.78 is 16.3. The van der Waals surface area contributed by atoms with Crippen molar-refractivity contribution in [2.45, 2.75) is 33.0 Å². The molecule has 2 rings (SSSR count). The zero-order chi connectivity index (χ0) is 16.7. The van der Waals surface area contributed by atoms with Crippen LogP contribution in [0.3, 0.4) is 0 Å². The average molecular weight is 314 g/mol. The number of carbonyl (C=O) groups is 1. The highest BCUT2D eigenvalue weighted by molar-refractivity contribution is 5.71. The van der Waals surface area contributed by atoms with E-state index in [4.69, 9.17) is 14.2 Å². The molecule has 0 amide bonds. The Kier molecular flexibility index (Phi) is 5.63. The van der Waals surface area contributed by atoms with Crippen LogP contribution in [0.15, 0.2) is 54.6 Å². The molecule has 0 saturated carbocycles. The van der Waals surface area contributed by atoms with E-state index in [9.17, 15) is 4.79 Å². The molecule has 0 radical (unpaired) electrons. The molecule has 0 heterocycles. The van der Waals surface area contributed by atoms with Crippen LogP contribution in [-0.4, -0.2) is 18.2 Å². The lowest BCUT2D eigenvalue weighted by molar-refractivity contribution is -0.157. The van der Waals surface area contributed by atoms with Crippen molar-refractivity contribution in [3.8, 4) is 11.5 Å². The Balaban J connectivity index is 1.79. The first-order valence-corrected chi connectivity index (χ1v) is 7.54. The molecule has 0 aliphatic carbocycles. The third kappa shape index (κ3) is 6.43. The first kappa shape index (κ1) is 16.9. The number of hydrogen-bond acceptors (Lipinski definition) is 4. The summed E-state index contributed by atoms with van der Waals surface area (Å²) in [6.07, 6.45) is 0. The molecule has 2 aromatic carbocycles. The maximum Gasteiger partial charge on any atom is 0.344 e. The highest BCUT2D eigenvalue weighted by Gasteiger charge is 2.16. The molecule has 122 valence electrons. The normalized spacial score (nSPS) is 10.9. The Hall–Kier alpha value is -2.49. The molecule has 0 atom stereocenters. The van der Waals surface area contributed by atoms with Crippen molar-refractivity contribution in [2.75, 3.05) is 6.61 Å². The quantitative estimate of drug-likeness (QED) is 0.756. The standard InChI is InChI=1S/C19H22O4/c1-19(2,3)23-18(20)14-22-17-11-9-16(10-12-17)21-13-15-7-5-4-6-8-15/h4-12H,13-14H2,1-3H3. The van der Waals surface area contributed by atoms with E-state index in [-0.39, 0.29) is 12.6 Å². The summed E-state index contributed by atoms with van der Waals surface area (Å²) in [6, 6.07) is 17.1. The van der Waals surface area contributed by atoms with Gasteiger partial charge in [0, 0.05) is 0 Å². The Bertz CT molecular complexity index is 612. The highest BCUT2D eigenvalue weighted by Crippen LogP contribution is 2.19. The van der Waals surface area contributed by atoms with Crippen LogP contribution in [0, 0.1) is 0 Å². The van der Waals surface area contributed by atoms with Gasteiger partial charge in [0.05, 0.1) is 0 Å². The molecule has 4 nitrogen and oxygen atoms in total. The molecule has 23 heavy (non-hydrogen) atoms. The van der Waals surface area contributed by atoms with Crippen molar-refractivity contribution >= 4 is 5.97 Å². The molecule has 0 unspecified atom stereocenters. The predicted molar refractivity (Wildman–Crippen MR) is 88.6 cm³/mol. The van der Waals surface area contributed by atoms with Crippen molar-refractivity contribution < 1.29 is 19.0 Å². The third-order valence-corrected chi connectivity index (χ3v) is 2.85. The summed E-state index contributed by atoms with van der Waals surface area (Å²) in [4.78, 5) is 11.6. The van der Waals surface area contributed by atoms with E-state index in [2.05, 4.69) is 0 Å². The van der Waals surface area contributed by atoms with Gasteiger partial charge in [0.2, 0.25) is 0 Å². The summed E-state index contributed by atoms with van der Waals surface area (Å²) >= 11 is 0. The number of hydrogen-bond donors (Lipinski definition) is 0. The molecule has 0 saturated heterocycles. The SMILES string of the molecule is CC(C)(C)OC(=O)COc1ccc(OCc2ccccc2)cc1. The maximum absolute atomic E-state index is 11.6. The van der Waals surface area contributed by atoms with Gasteiger partial charge in [-0.15, -0.1) is 0 Å². The van der Waals surface area contributed by atoms with Gasteiger partial charge in [-0.25, -0.2) is 4.79 Å². The summed E-state index contributed by atoms with van der Waals surface area (Å²) in [5.74, 6) is 0.961. The predicted octanol–water partition coefficient (Wildman–Crippen LogP) is 3.99. The number of carbonyl (C=O) groups excluding carboxylic acids is 1. The van der Waals surface area contributed by atoms with Crippen LogP contribution in [-0.2, 0) is 16.1 Å². The van der Waals surface area contributed by atoms with Crippen molar-refractivity contribution in [3.05, 3.63) is 60.2 Å². The fourth-order valence-corrected chi connectivity index (χ4v) is 1.89. The van der Waals surface area contributed by atoms with Gasteiger partial charge in [0.15, 0.2) is 6.61 Å². The van der Waals surface area contributed by atoms with Gasteiger partial charge < -0.3 is 14.2 Å². The third-order valence-electron chi connectivity index (χ3n) is 2.85. The van der Waals surface area contributed by atoms with Crippen molar-refractivity contribution in [1.82, 2.24) is 0 Å². The summed E-state index contributed by atoms with van der Waals surface area (Å²) in [5.41, 5.74) is 0.605. The van der Waals surface area contributed by atoms with E-state index < -0.39 is 5.60 Å². The van der Waals surface area contributed by atoms with Crippen LogP contribution in [0.5, 0.6) is 11.5 Å². The van der Waals surface area contributed by atoms with Crippen molar-refractivity contribution in [3.63, 3.8) is 0 Å². The monoisotopic (exact) mass is 314 g/mol. The smallest absolute Gasteiger partial charge is 0.344 e. The van der Waals surface area contributed by atoms with E-state index in [1.54, 1.807) is 12.1 Å². The van der Waals surface area contributed by atoms with E-state index in [1.165, 1.54) is 0 Å². The molecule has 0 bridgehead atoms. The lowest BCUT2D eigenvalue weighted by atomic mass is 10.2. The number of benzene rings is 2. The molecule has 0 aliphatic rings. The molecule has 0 aliphatic heterocycles. The zero-order valence-electron chi connectivity index (χ0n) is 13.7. The topological polar surface area (TPSA) is 44.8 Å². The first-order valence-electron chi connectivity index (χ1n) is 7.54. The fourth-order valence-electron chi connectivity index (χ4n) is 1.89. The fraction of sp³-hybridized carbons (Fsp3) is 0.316. The van der Waals surface area contributed by atoms with Crippen LogP contribution in [0.25, 0.3) is 0 Å².